The highest BCUT2D eigenvalue weighted by atomic mass is 16.5. The van der Waals surface area contributed by atoms with Gasteiger partial charge in [0.1, 0.15) is 0 Å². The predicted octanol–water partition coefficient (Wildman–Crippen LogP) is 2.34. The molecule has 1 atom stereocenters. The molecule has 0 aliphatic heterocycles. The van der Waals surface area contributed by atoms with Gasteiger partial charge in [0.15, 0.2) is 0 Å². The highest BCUT2D eigenvalue weighted by Gasteiger charge is 2.10. The summed E-state index contributed by atoms with van der Waals surface area (Å²) in [6.45, 7) is 4.18. The Morgan fingerprint density at radius 1 is 1.11 bits per heavy atom. The molecule has 0 bridgehead atoms. The fourth-order valence-electron chi connectivity index (χ4n) is 2.18. The Labute approximate surface area is 113 Å². The molecule has 0 saturated carbocycles. The van der Waals surface area contributed by atoms with Crippen LogP contribution in [-0.4, -0.2) is 17.3 Å². The standard InChI is InChI=1S/C15H19N3O/c1-10-6-11(2)8-12(7-10)9-13(16)14-4-5-15(19-3)18-17-14/h4-8,13H,9,16H2,1-3H3. The van der Waals surface area contributed by atoms with E-state index in [1.165, 1.54) is 16.7 Å². The second-order valence-corrected chi connectivity index (χ2v) is 4.81. The van der Waals surface area contributed by atoms with Crippen LogP contribution in [0, 0.1) is 13.8 Å². The molecule has 0 fully saturated rings. The Balaban J connectivity index is 2.13. The van der Waals surface area contributed by atoms with Gasteiger partial charge in [-0.15, -0.1) is 5.10 Å². The van der Waals surface area contributed by atoms with Crippen molar-refractivity contribution in [1.82, 2.24) is 10.2 Å². The predicted molar refractivity (Wildman–Crippen MR) is 75.1 cm³/mol. The summed E-state index contributed by atoms with van der Waals surface area (Å²) >= 11 is 0. The second kappa shape index (κ2) is 5.80. The molecule has 0 aliphatic carbocycles. The maximum Gasteiger partial charge on any atom is 0.233 e. The van der Waals surface area contributed by atoms with Crippen molar-refractivity contribution in [3.05, 3.63) is 52.7 Å². The normalized spacial score (nSPS) is 12.2. The summed E-state index contributed by atoms with van der Waals surface area (Å²) in [6.07, 6.45) is 0.754. The van der Waals surface area contributed by atoms with Gasteiger partial charge < -0.3 is 10.5 Å². The molecule has 1 heterocycles. The summed E-state index contributed by atoms with van der Waals surface area (Å²) in [5.74, 6) is 0.502. The number of hydrogen-bond acceptors (Lipinski definition) is 4. The van der Waals surface area contributed by atoms with Crippen LogP contribution in [0.3, 0.4) is 0 Å². The summed E-state index contributed by atoms with van der Waals surface area (Å²) in [5, 5.41) is 8.03. The largest absolute Gasteiger partial charge is 0.480 e. The van der Waals surface area contributed by atoms with Gasteiger partial charge in [-0.25, -0.2) is 0 Å². The van der Waals surface area contributed by atoms with E-state index in [1.54, 1.807) is 13.2 Å². The maximum atomic E-state index is 6.18. The van der Waals surface area contributed by atoms with Crippen LogP contribution in [0.4, 0.5) is 0 Å². The van der Waals surface area contributed by atoms with Gasteiger partial charge in [0, 0.05) is 6.07 Å². The molecular formula is C15H19N3O. The van der Waals surface area contributed by atoms with Crippen LogP contribution in [0.15, 0.2) is 30.3 Å². The van der Waals surface area contributed by atoms with Crippen LogP contribution in [0.1, 0.15) is 28.4 Å². The average Bonchev–Trinajstić information content (AvgIpc) is 2.37. The fraction of sp³-hybridized carbons (Fsp3) is 0.333. The van der Waals surface area contributed by atoms with Gasteiger partial charge in [0.25, 0.3) is 0 Å². The smallest absolute Gasteiger partial charge is 0.233 e. The van der Waals surface area contributed by atoms with Crippen molar-refractivity contribution in [2.75, 3.05) is 7.11 Å². The number of methoxy groups -OCH3 is 1. The van der Waals surface area contributed by atoms with Crippen LogP contribution >= 0.6 is 0 Å². The minimum Gasteiger partial charge on any atom is -0.480 e. The lowest BCUT2D eigenvalue weighted by molar-refractivity contribution is 0.390. The van der Waals surface area contributed by atoms with Crippen molar-refractivity contribution in [2.45, 2.75) is 26.3 Å². The Bertz CT molecular complexity index is 532. The second-order valence-electron chi connectivity index (χ2n) is 4.81. The van der Waals surface area contributed by atoms with Crippen LogP contribution in [0.2, 0.25) is 0 Å². The number of nitrogens with two attached hydrogens (primary N) is 1. The molecule has 0 saturated heterocycles. The third kappa shape index (κ3) is 3.51. The minimum absolute atomic E-state index is 0.153. The summed E-state index contributed by atoms with van der Waals surface area (Å²) in [6, 6.07) is 9.96. The van der Waals surface area contributed by atoms with Gasteiger partial charge >= 0.3 is 0 Å². The summed E-state index contributed by atoms with van der Waals surface area (Å²) in [5.41, 5.74) is 10.7. The zero-order valence-electron chi connectivity index (χ0n) is 11.6. The molecule has 2 rings (SSSR count). The van der Waals surface area contributed by atoms with Gasteiger partial charge in [0.2, 0.25) is 5.88 Å². The Kier molecular flexibility index (Phi) is 4.12. The van der Waals surface area contributed by atoms with Gasteiger partial charge in [0.05, 0.1) is 18.8 Å². The van der Waals surface area contributed by atoms with Gasteiger partial charge in [-0.05, 0) is 31.9 Å². The van der Waals surface area contributed by atoms with Crippen molar-refractivity contribution in [3.63, 3.8) is 0 Å². The Hall–Kier alpha value is -1.94. The van der Waals surface area contributed by atoms with Gasteiger partial charge in [-0.2, -0.15) is 5.10 Å². The zero-order chi connectivity index (χ0) is 13.8. The molecule has 0 aliphatic rings. The van der Waals surface area contributed by atoms with E-state index in [0.717, 1.165) is 12.1 Å². The van der Waals surface area contributed by atoms with Crippen LogP contribution < -0.4 is 10.5 Å². The highest BCUT2D eigenvalue weighted by Crippen LogP contribution is 2.17. The van der Waals surface area contributed by atoms with Gasteiger partial charge in [-0.1, -0.05) is 29.3 Å². The molecule has 1 unspecified atom stereocenters. The van der Waals surface area contributed by atoms with E-state index in [1.807, 2.05) is 6.07 Å². The molecule has 4 nitrogen and oxygen atoms in total. The lowest BCUT2D eigenvalue weighted by Crippen LogP contribution is -2.15. The van der Waals surface area contributed by atoms with Crippen molar-refractivity contribution in [3.8, 4) is 5.88 Å². The van der Waals surface area contributed by atoms with E-state index >= 15 is 0 Å². The van der Waals surface area contributed by atoms with Crippen molar-refractivity contribution < 1.29 is 4.74 Å². The lowest BCUT2D eigenvalue weighted by atomic mass is 10.00. The van der Waals surface area contributed by atoms with E-state index in [-0.39, 0.29) is 6.04 Å². The van der Waals surface area contributed by atoms with E-state index in [4.69, 9.17) is 10.5 Å². The highest BCUT2D eigenvalue weighted by molar-refractivity contribution is 5.30. The van der Waals surface area contributed by atoms with Crippen LogP contribution in [0.5, 0.6) is 5.88 Å². The number of hydrogen-bond donors (Lipinski definition) is 1. The zero-order valence-corrected chi connectivity index (χ0v) is 11.6. The molecule has 0 radical (unpaired) electrons. The monoisotopic (exact) mass is 257 g/mol. The molecule has 2 aromatic rings. The molecule has 0 amide bonds. The van der Waals surface area contributed by atoms with Crippen LogP contribution in [0.25, 0.3) is 0 Å². The number of ether oxygens (including phenoxy) is 1. The lowest BCUT2D eigenvalue weighted by Gasteiger charge is -2.12. The first-order valence-corrected chi connectivity index (χ1v) is 6.29. The molecule has 1 aromatic carbocycles. The summed E-state index contributed by atoms with van der Waals surface area (Å²) < 4.78 is 4.98. The Morgan fingerprint density at radius 2 is 1.79 bits per heavy atom. The van der Waals surface area contributed by atoms with E-state index in [0.29, 0.717) is 5.88 Å². The van der Waals surface area contributed by atoms with E-state index < -0.39 is 0 Å². The first-order chi connectivity index (χ1) is 9.08. The molecule has 1 aromatic heterocycles. The quantitative estimate of drug-likeness (QED) is 0.913. The fourth-order valence-corrected chi connectivity index (χ4v) is 2.18. The molecular weight excluding hydrogens is 238 g/mol. The molecule has 2 N–H and O–H groups in total. The number of aromatic nitrogens is 2. The Morgan fingerprint density at radius 3 is 2.32 bits per heavy atom. The van der Waals surface area contributed by atoms with Gasteiger partial charge in [-0.3, -0.25) is 0 Å². The molecule has 0 spiro atoms. The molecule has 100 valence electrons. The molecule has 4 heteroatoms. The summed E-state index contributed by atoms with van der Waals surface area (Å²) in [4.78, 5) is 0. The first kappa shape index (κ1) is 13.5. The van der Waals surface area contributed by atoms with E-state index in [2.05, 4.69) is 42.2 Å². The average molecular weight is 257 g/mol. The third-order valence-corrected chi connectivity index (χ3v) is 2.99. The third-order valence-electron chi connectivity index (χ3n) is 2.99. The van der Waals surface area contributed by atoms with E-state index in [9.17, 15) is 0 Å². The number of rotatable bonds is 4. The number of aryl methyl sites for hydroxylation is 2. The minimum atomic E-state index is -0.153. The number of benzene rings is 1. The maximum absolute atomic E-state index is 6.18. The summed E-state index contributed by atoms with van der Waals surface area (Å²) in [7, 11) is 1.57. The first-order valence-electron chi connectivity index (χ1n) is 6.29. The van der Waals surface area contributed by atoms with Crippen molar-refractivity contribution >= 4 is 0 Å². The molecule has 19 heavy (non-hydrogen) atoms. The SMILES string of the molecule is COc1ccc(C(N)Cc2cc(C)cc(C)c2)nn1. The van der Waals surface area contributed by atoms with Crippen molar-refractivity contribution in [2.24, 2.45) is 5.73 Å². The van der Waals surface area contributed by atoms with Crippen molar-refractivity contribution in [1.29, 1.82) is 0 Å². The van der Waals surface area contributed by atoms with Crippen LogP contribution in [-0.2, 0) is 6.42 Å². The topological polar surface area (TPSA) is 61.0 Å². The number of nitrogens with zero attached hydrogens (tertiary/aromatic N) is 2.